The number of nitrogens with one attached hydrogen (secondary N) is 2. The van der Waals surface area contributed by atoms with E-state index in [1.807, 2.05) is 25.1 Å². The molecule has 0 radical (unpaired) electrons. The molecule has 0 spiro atoms. The van der Waals surface area contributed by atoms with Crippen molar-refractivity contribution in [3.8, 4) is 17.1 Å². The summed E-state index contributed by atoms with van der Waals surface area (Å²) in [6.45, 7) is 1.97. The Bertz CT molecular complexity index is 855. The molecule has 0 aliphatic rings. The first-order valence-corrected chi connectivity index (χ1v) is 6.71. The minimum Gasteiger partial charge on any atom is -0.496 e. The predicted molar refractivity (Wildman–Crippen MR) is 82.1 cm³/mol. The van der Waals surface area contributed by atoms with Gasteiger partial charge in [-0.25, -0.2) is 10.5 Å². The largest absolute Gasteiger partial charge is 0.496 e. The van der Waals surface area contributed by atoms with Crippen LogP contribution in [0.3, 0.4) is 0 Å². The fourth-order valence-electron chi connectivity index (χ4n) is 2.38. The van der Waals surface area contributed by atoms with Crippen LogP contribution in [0.15, 0.2) is 36.4 Å². The van der Waals surface area contributed by atoms with E-state index in [2.05, 4.69) is 9.97 Å². The number of aryl methyl sites for hydroxylation is 1. The molecular weight excluding hydrogens is 282 g/mol. The summed E-state index contributed by atoms with van der Waals surface area (Å²) in [6, 6.07) is 10.8. The third-order valence-electron chi connectivity index (χ3n) is 3.51. The first-order valence-electron chi connectivity index (χ1n) is 6.71. The number of imidazole rings is 1. The van der Waals surface area contributed by atoms with Crippen LogP contribution in [0.5, 0.6) is 5.75 Å². The van der Waals surface area contributed by atoms with Crippen LogP contribution >= 0.6 is 0 Å². The normalized spacial score (nSPS) is 10.7. The Labute approximate surface area is 126 Å². The molecular formula is C16H15N3O3. The number of carbonyl (C=O) groups is 1. The third-order valence-corrected chi connectivity index (χ3v) is 3.51. The van der Waals surface area contributed by atoms with Crippen LogP contribution in [0.25, 0.3) is 22.4 Å². The number of hydrogen-bond donors (Lipinski definition) is 3. The molecule has 3 aromatic rings. The van der Waals surface area contributed by atoms with Gasteiger partial charge in [0.25, 0.3) is 5.91 Å². The van der Waals surface area contributed by atoms with Crippen molar-refractivity contribution in [3.63, 3.8) is 0 Å². The molecule has 1 aromatic heterocycles. The van der Waals surface area contributed by atoms with Crippen LogP contribution in [0, 0.1) is 6.92 Å². The Hall–Kier alpha value is -2.86. The fraction of sp³-hybridized carbons (Fsp3) is 0.125. The van der Waals surface area contributed by atoms with Crippen molar-refractivity contribution in [1.29, 1.82) is 0 Å². The van der Waals surface area contributed by atoms with Crippen LogP contribution in [0.2, 0.25) is 0 Å². The average Bonchev–Trinajstić information content (AvgIpc) is 2.97. The zero-order valence-electron chi connectivity index (χ0n) is 12.2. The van der Waals surface area contributed by atoms with E-state index in [0.717, 1.165) is 27.9 Å². The number of aromatic amines is 1. The number of fused-ring (bicyclic) bond motifs is 1. The second-order valence-corrected chi connectivity index (χ2v) is 4.94. The van der Waals surface area contributed by atoms with Crippen LogP contribution in [0.1, 0.15) is 15.9 Å². The number of aromatic nitrogens is 2. The van der Waals surface area contributed by atoms with Crippen molar-refractivity contribution in [1.82, 2.24) is 15.4 Å². The molecule has 0 unspecified atom stereocenters. The molecule has 3 rings (SSSR count). The van der Waals surface area contributed by atoms with Gasteiger partial charge in [0.2, 0.25) is 0 Å². The standard InChI is InChI=1S/C16H15N3O3/c1-9-7-10(4-6-14(9)22-2)15-17-12-5-3-11(16(20)19-21)8-13(12)18-15/h3-8,21H,1-2H3,(H,17,18)(H,19,20). The summed E-state index contributed by atoms with van der Waals surface area (Å²) in [5, 5.41) is 8.69. The van der Waals surface area contributed by atoms with Gasteiger partial charge in [-0.15, -0.1) is 0 Å². The number of benzene rings is 2. The SMILES string of the molecule is COc1ccc(-c2nc3ccc(C(=O)NO)cc3[nH]2)cc1C. The number of H-pyrrole nitrogens is 1. The summed E-state index contributed by atoms with van der Waals surface area (Å²) in [4.78, 5) is 19.1. The van der Waals surface area contributed by atoms with Crippen molar-refractivity contribution in [2.75, 3.05) is 7.11 Å². The van der Waals surface area contributed by atoms with Crippen molar-refractivity contribution in [2.45, 2.75) is 6.92 Å². The topological polar surface area (TPSA) is 87.2 Å². The quantitative estimate of drug-likeness (QED) is 0.512. The lowest BCUT2D eigenvalue weighted by molar-refractivity contribution is 0.0706. The average molecular weight is 297 g/mol. The van der Waals surface area contributed by atoms with E-state index in [0.29, 0.717) is 11.4 Å². The van der Waals surface area contributed by atoms with Crippen molar-refractivity contribution >= 4 is 16.9 Å². The molecule has 6 heteroatoms. The van der Waals surface area contributed by atoms with E-state index >= 15 is 0 Å². The maximum Gasteiger partial charge on any atom is 0.274 e. The molecule has 0 aliphatic carbocycles. The van der Waals surface area contributed by atoms with Crippen LogP contribution < -0.4 is 10.2 Å². The number of methoxy groups -OCH3 is 1. The number of amides is 1. The van der Waals surface area contributed by atoms with E-state index in [4.69, 9.17) is 9.94 Å². The smallest absolute Gasteiger partial charge is 0.274 e. The molecule has 2 aromatic carbocycles. The molecule has 0 fully saturated rings. The summed E-state index contributed by atoms with van der Waals surface area (Å²) in [5.41, 5.74) is 5.40. The van der Waals surface area contributed by atoms with Gasteiger partial charge in [0.05, 0.1) is 18.1 Å². The van der Waals surface area contributed by atoms with Gasteiger partial charge >= 0.3 is 0 Å². The zero-order chi connectivity index (χ0) is 15.7. The zero-order valence-corrected chi connectivity index (χ0v) is 12.2. The van der Waals surface area contributed by atoms with E-state index < -0.39 is 5.91 Å². The second kappa shape index (κ2) is 5.50. The summed E-state index contributed by atoms with van der Waals surface area (Å²) in [5.74, 6) is 0.974. The van der Waals surface area contributed by atoms with Crippen LogP contribution in [-0.4, -0.2) is 28.2 Å². The number of hydrogen-bond acceptors (Lipinski definition) is 4. The molecule has 1 heterocycles. The highest BCUT2D eigenvalue weighted by molar-refractivity contribution is 5.97. The van der Waals surface area contributed by atoms with Gasteiger partial charge in [0.15, 0.2) is 0 Å². The van der Waals surface area contributed by atoms with Gasteiger partial charge in [-0.05, 0) is 48.9 Å². The van der Waals surface area contributed by atoms with Gasteiger partial charge < -0.3 is 9.72 Å². The predicted octanol–water partition coefficient (Wildman–Crippen LogP) is 2.67. The lowest BCUT2D eigenvalue weighted by Crippen LogP contribution is -2.18. The minimum absolute atomic E-state index is 0.358. The Kier molecular flexibility index (Phi) is 3.52. The van der Waals surface area contributed by atoms with Crippen molar-refractivity contribution in [2.24, 2.45) is 0 Å². The molecule has 6 nitrogen and oxygen atoms in total. The van der Waals surface area contributed by atoms with E-state index in [1.165, 1.54) is 0 Å². The highest BCUT2D eigenvalue weighted by Crippen LogP contribution is 2.26. The molecule has 0 bridgehead atoms. The monoisotopic (exact) mass is 297 g/mol. The number of carbonyl (C=O) groups excluding carboxylic acids is 1. The first-order chi connectivity index (χ1) is 10.6. The first kappa shape index (κ1) is 14.1. The summed E-state index contributed by atoms with van der Waals surface area (Å²) in [6.07, 6.45) is 0. The summed E-state index contributed by atoms with van der Waals surface area (Å²) >= 11 is 0. The van der Waals surface area contributed by atoms with E-state index in [9.17, 15) is 4.79 Å². The summed E-state index contributed by atoms with van der Waals surface area (Å²) in [7, 11) is 1.64. The lowest BCUT2D eigenvalue weighted by atomic mass is 10.1. The Morgan fingerprint density at radius 2 is 2.09 bits per heavy atom. The Morgan fingerprint density at radius 3 is 2.77 bits per heavy atom. The van der Waals surface area contributed by atoms with Crippen LogP contribution in [0.4, 0.5) is 0 Å². The van der Waals surface area contributed by atoms with Crippen molar-refractivity contribution < 1.29 is 14.7 Å². The molecule has 1 amide bonds. The van der Waals surface area contributed by atoms with E-state index in [1.54, 1.807) is 30.8 Å². The Morgan fingerprint density at radius 1 is 1.27 bits per heavy atom. The third kappa shape index (κ3) is 2.40. The van der Waals surface area contributed by atoms with Gasteiger partial charge in [0.1, 0.15) is 11.6 Å². The molecule has 0 aliphatic heterocycles. The summed E-state index contributed by atoms with van der Waals surface area (Å²) < 4.78 is 5.25. The highest BCUT2D eigenvalue weighted by Gasteiger charge is 2.10. The minimum atomic E-state index is -0.557. The highest BCUT2D eigenvalue weighted by atomic mass is 16.5. The lowest BCUT2D eigenvalue weighted by Gasteiger charge is -2.05. The number of hydroxylamine groups is 1. The van der Waals surface area contributed by atoms with E-state index in [-0.39, 0.29) is 0 Å². The molecule has 0 atom stereocenters. The molecule has 0 saturated heterocycles. The molecule has 22 heavy (non-hydrogen) atoms. The second-order valence-electron chi connectivity index (χ2n) is 4.94. The Balaban J connectivity index is 2.05. The van der Waals surface area contributed by atoms with Gasteiger partial charge in [0, 0.05) is 11.1 Å². The van der Waals surface area contributed by atoms with Crippen LogP contribution in [-0.2, 0) is 0 Å². The van der Waals surface area contributed by atoms with Crippen molar-refractivity contribution in [3.05, 3.63) is 47.5 Å². The number of ether oxygens (including phenoxy) is 1. The van der Waals surface area contributed by atoms with Gasteiger partial charge in [-0.3, -0.25) is 10.0 Å². The number of nitrogens with zero attached hydrogens (tertiary/aromatic N) is 1. The molecule has 0 saturated carbocycles. The molecule has 3 N–H and O–H groups in total. The van der Waals surface area contributed by atoms with Gasteiger partial charge in [-0.1, -0.05) is 0 Å². The molecule has 112 valence electrons. The maximum absolute atomic E-state index is 11.4. The van der Waals surface area contributed by atoms with Gasteiger partial charge in [-0.2, -0.15) is 0 Å². The fourth-order valence-corrected chi connectivity index (χ4v) is 2.38. The maximum atomic E-state index is 11.4. The number of rotatable bonds is 3.